The maximum Gasteiger partial charge on any atom is 0.242 e. The van der Waals surface area contributed by atoms with Gasteiger partial charge in [0.05, 0.1) is 11.6 Å². The van der Waals surface area contributed by atoms with Crippen LogP contribution >= 0.6 is 0 Å². The fourth-order valence-corrected chi connectivity index (χ4v) is 1.64. The molecule has 1 saturated heterocycles. The molecule has 1 aliphatic rings. The Hall–Kier alpha value is -0.610. The van der Waals surface area contributed by atoms with Crippen LogP contribution in [-0.2, 0) is 4.79 Å². The Kier molecular flexibility index (Phi) is 3.50. The molecule has 1 amide bonds. The molecule has 4 nitrogen and oxygen atoms in total. The number of carbonyl (C=O) groups excluding carboxylic acids is 1. The number of hydrogen-bond acceptors (Lipinski definition) is 3. The smallest absolute Gasteiger partial charge is 0.242 e. The standard InChI is InChI=1S/C10H20N2O2/c1-10(2,11-3)9(14)12-6-4-5-8(13)7-12/h8,11,13H,4-7H2,1-3H3/t8-/m0/s1. The SMILES string of the molecule is CNC(C)(C)C(=O)N1CCC[C@H](O)C1. The number of aliphatic hydroxyl groups is 1. The van der Waals surface area contributed by atoms with Crippen molar-refractivity contribution in [2.75, 3.05) is 20.1 Å². The normalized spacial score (nSPS) is 23.7. The number of likely N-dealkylation sites (tertiary alicyclic amines) is 1. The molecule has 2 N–H and O–H groups in total. The molecule has 1 rings (SSSR count). The van der Waals surface area contributed by atoms with Crippen molar-refractivity contribution < 1.29 is 9.90 Å². The number of rotatable bonds is 2. The molecule has 0 bridgehead atoms. The van der Waals surface area contributed by atoms with E-state index in [0.29, 0.717) is 6.54 Å². The van der Waals surface area contributed by atoms with Crippen LogP contribution in [0.5, 0.6) is 0 Å². The van der Waals surface area contributed by atoms with Gasteiger partial charge >= 0.3 is 0 Å². The van der Waals surface area contributed by atoms with Crippen molar-refractivity contribution in [3.63, 3.8) is 0 Å². The van der Waals surface area contributed by atoms with Crippen LogP contribution in [-0.4, -0.2) is 47.7 Å². The van der Waals surface area contributed by atoms with E-state index in [9.17, 15) is 9.90 Å². The Morgan fingerprint density at radius 2 is 2.21 bits per heavy atom. The zero-order valence-electron chi connectivity index (χ0n) is 9.21. The maximum absolute atomic E-state index is 11.9. The van der Waals surface area contributed by atoms with E-state index in [1.807, 2.05) is 13.8 Å². The molecule has 0 unspecified atom stereocenters. The van der Waals surface area contributed by atoms with Gasteiger partial charge in [0.2, 0.25) is 5.91 Å². The Balaban J connectivity index is 2.60. The Morgan fingerprint density at radius 1 is 1.57 bits per heavy atom. The average Bonchev–Trinajstić information content (AvgIpc) is 2.16. The second kappa shape index (κ2) is 4.28. The first-order valence-corrected chi connectivity index (χ1v) is 5.13. The molecule has 1 heterocycles. The molecule has 1 atom stereocenters. The van der Waals surface area contributed by atoms with Gasteiger partial charge in [-0.25, -0.2) is 0 Å². The van der Waals surface area contributed by atoms with Crippen molar-refractivity contribution >= 4 is 5.91 Å². The molecule has 82 valence electrons. The zero-order chi connectivity index (χ0) is 10.8. The minimum Gasteiger partial charge on any atom is -0.391 e. The molecule has 4 heteroatoms. The number of β-amino-alcohol motifs (C(OH)–C–C–N with tert-alkyl or cyclic N) is 1. The minimum atomic E-state index is -0.531. The number of carbonyl (C=O) groups is 1. The quantitative estimate of drug-likeness (QED) is 0.658. The lowest BCUT2D eigenvalue weighted by molar-refractivity contribution is -0.140. The molecule has 1 fully saturated rings. The van der Waals surface area contributed by atoms with E-state index in [2.05, 4.69) is 5.32 Å². The van der Waals surface area contributed by atoms with E-state index >= 15 is 0 Å². The van der Waals surface area contributed by atoms with Crippen LogP contribution in [0.15, 0.2) is 0 Å². The number of hydrogen-bond donors (Lipinski definition) is 2. The highest BCUT2D eigenvalue weighted by Crippen LogP contribution is 2.14. The summed E-state index contributed by atoms with van der Waals surface area (Å²) in [5.41, 5.74) is -0.531. The van der Waals surface area contributed by atoms with Crippen LogP contribution in [0.4, 0.5) is 0 Å². The first kappa shape index (κ1) is 11.5. The van der Waals surface area contributed by atoms with Gasteiger partial charge in [-0.2, -0.15) is 0 Å². The van der Waals surface area contributed by atoms with Crippen LogP contribution in [0.2, 0.25) is 0 Å². The average molecular weight is 200 g/mol. The summed E-state index contributed by atoms with van der Waals surface area (Å²) in [5, 5.41) is 12.4. The fraction of sp³-hybridized carbons (Fsp3) is 0.900. The van der Waals surface area contributed by atoms with Crippen LogP contribution in [0.3, 0.4) is 0 Å². The third-order valence-corrected chi connectivity index (χ3v) is 2.84. The number of likely N-dealkylation sites (N-methyl/N-ethyl adjacent to an activating group) is 1. The largest absolute Gasteiger partial charge is 0.391 e. The van der Waals surface area contributed by atoms with E-state index in [-0.39, 0.29) is 12.0 Å². The highest BCUT2D eigenvalue weighted by molar-refractivity contribution is 5.85. The van der Waals surface area contributed by atoms with Gasteiger partial charge in [-0.15, -0.1) is 0 Å². The van der Waals surface area contributed by atoms with Crippen molar-refractivity contribution in [2.24, 2.45) is 0 Å². The summed E-state index contributed by atoms with van der Waals surface area (Å²) in [6.07, 6.45) is 1.36. The summed E-state index contributed by atoms with van der Waals surface area (Å²) >= 11 is 0. The fourth-order valence-electron chi connectivity index (χ4n) is 1.64. The third kappa shape index (κ3) is 2.45. The molecular formula is C10H20N2O2. The summed E-state index contributed by atoms with van der Waals surface area (Å²) in [5.74, 6) is 0.0683. The van der Waals surface area contributed by atoms with Gasteiger partial charge in [0.25, 0.3) is 0 Å². The van der Waals surface area contributed by atoms with Crippen LogP contribution < -0.4 is 5.32 Å². The molecule has 0 aromatic carbocycles. The van der Waals surface area contributed by atoms with E-state index in [0.717, 1.165) is 19.4 Å². The molecule has 0 radical (unpaired) electrons. The molecule has 14 heavy (non-hydrogen) atoms. The van der Waals surface area contributed by atoms with Gasteiger partial charge in [0.1, 0.15) is 0 Å². The Bertz CT molecular complexity index is 216. The monoisotopic (exact) mass is 200 g/mol. The van der Waals surface area contributed by atoms with Crippen molar-refractivity contribution in [2.45, 2.75) is 38.3 Å². The van der Waals surface area contributed by atoms with Crippen molar-refractivity contribution in [3.05, 3.63) is 0 Å². The molecule has 0 aromatic heterocycles. The van der Waals surface area contributed by atoms with Gasteiger partial charge in [-0.1, -0.05) is 0 Å². The third-order valence-electron chi connectivity index (χ3n) is 2.84. The molecule has 0 saturated carbocycles. The summed E-state index contributed by atoms with van der Waals surface area (Å²) in [7, 11) is 1.78. The maximum atomic E-state index is 11.9. The highest BCUT2D eigenvalue weighted by Gasteiger charge is 2.32. The number of nitrogens with zero attached hydrogens (tertiary/aromatic N) is 1. The lowest BCUT2D eigenvalue weighted by Gasteiger charge is -2.35. The summed E-state index contributed by atoms with van der Waals surface area (Å²) in [6.45, 7) is 4.96. The molecule has 1 aliphatic heterocycles. The first-order chi connectivity index (χ1) is 6.47. The lowest BCUT2D eigenvalue weighted by atomic mass is 10.0. The molecular weight excluding hydrogens is 180 g/mol. The molecule has 0 aromatic rings. The Morgan fingerprint density at radius 3 is 2.71 bits per heavy atom. The number of nitrogens with one attached hydrogen (secondary N) is 1. The number of amides is 1. The van der Waals surface area contributed by atoms with Crippen LogP contribution in [0, 0.1) is 0 Å². The van der Waals surface area contributed by atoms with Crippen molar-refractivity contribution in [3.8, 4) is 0 Å². The lowest BCUT2D eigenvalue weighted by Crippen LogP contribution is -2.55. The van der Waals surface area contributed by atoms with E-state index in [1.165, 1.54) is 0 Å². The minimum absolute atomic E-state index is 0.0683. The highest BCUT2D eigenvalue weighted by atomic mass is 16.3. The topological polar surface area (TPSA) is 52.6 Å². The van der Waals surface area contributed by atoms with Gasteiger partial charge in [0, 0.05) is 13.1 Å². The van der Waals surface area contributed by atoms with E-state index < -0.39 is 5.54 Å². The zero-order valence-corrected chi connectivity index (χ0v) is 9.21. The van der Waals surface area contributed by atoms with Crippen molar-refractivity contribution in [1.82, 2.24) is 10.2 Å². The predicted octanol–water partition coefficient (Wildman–Crippen LogP) is -0.0323. The van der Waals surface area contributed by atoms with Gasteiger partial charge < -0.3 is 15.3 Å². The van der Waals surface area contributed by atoms with Crippen LogP contribution in [0.1, 0.15) is 26.7 Å². The van der Waals surface area contributed by atoms with Gasteiger partial charge in [0.15, 0.2) is 0 Å². The summed E-state index contributed by atoms with van der Waals surface area (Å²) in [4.78, 5) is 13.7. The van der Waals surface area contributed by atoms with Gasteiger partial charge in [-0.05, 0) is 33.7 Å². The summed E-state index contributed by atoms with van der Waals surface area (Å²) in [6, 6.07) is 0. The second-order valence-electron chi connectivity index (χ2n) is 4.42. The van der Waals surface area contributed by atoms with Crippen LogP contribution in [0.25, 0.3) is 0 Å². The first-order valence-electron chi connectivity index (χ1n) is 5.13. The van der Waals surface area contributed by atoms with E-state index in [4.69, 9.17) is 0 Å². The van der Waals surface area contributed by atoms with Gasteiger partial charge in [-0.3, -0.25) is 4.79 Å². The van der Waals surface area contributed by atoms with E-state index in [1.54, 1.807) is 11.9 Å². The second-order valence-corrected chi connectivity index (χ2v) is 4.42. The Labute approximate surface area is 85.3 Å². The predicted molar refractivity (Wildman–Crippen MR) is 55.0 cm³/mol. The molecule has 0 aliphatic carbocycles. The van der Waals surface area contributed by atoms with Crippen molar-refractivity contribution in [1.29, 1.82) is 0 Å². The summed E-state index contributed by atoms with van der Waals surface area (Å²) < 4.78 is 0. The molecule has 0 spiro atoms. The number of piperidine rings is 1. The number of aliphatic hydroxyl groups excluding tert-OH is 1.